The molecular weight excluding hydrogens is 462 g/mol. The second kappa shape index (κ2) is 11.0. The first-order valence-electron chi connectivity index (χ1n) is 11.9. The molecule has 182 valence electrons. The van der Waals surface area contributed by atoms with Crippen LogP contribution in [0.15, 0.2) is 48.9 Å². The van der Waals surface area contributed by atoms with E-state index in [0.29, 0.717) is 24.9 Å². The average molecular weight is 492 g/mol. The van der Waals surface area contributed by atoms with E-state index >= 15 is 0 Å². The Kier molecular flexibility index (Phi) is 7.43. The third kappa shape index (κ3) is 6.09. The molecule has 5 rings (SSSR count). The highest BCUT2D eigenvalue weighted by Gasteiger charge is 2.20. The maximum Gasteiger partial charge on any atom is 0.224 e. The molecule has 1 fully saturated rings. The van der Waals surface area contributed by atoms with Crippen LogP contribution in [0.3, 0.4) is 0 Å². The van der Waals surface area contributed by atoms with E-state index in [-0.39, 0.29) is 18.8 Å². The van der Waals surface area contributed by atoms with Gasteiger partial charge in [0.1, 0.15) is 5.82 Å². The van der Waals surface area contributed by atoms with Crippen molar-refractivity contribution >= 4 is 38.5 Å². The summed E-state index contributed by atoms with van der Waals surface area (Å²) in [6.45, 7) is 1.34. The number of rotatable bonds is 9. The summed E-state index contributed by atoms with van der Waals surface area (Å²) in [7, 11) is 0. The summed E-state index contributed by atoms with van der Waals surface area (Å²) >= 11 is 1.57. The molecule has 0 radical (unpaired) electrons. The maximum atomic E-state index is 9.71. The molecule has 1 saturated carbocycles. The van der Waals surface area contributed by atoms with Crippen LogP contribution in [0.4, 0.5) is 16.9 Å². The van der Waals surface area contributed by atoms with Gasteiger partial charge >= 0.3 is 0 Å². The molecule has 3 heterocycles. The summed E-state index contributed by atoms with van der Waals surface area (Å²) in [4.78, 5) is 18.0. The van der Waals surface area contributed by atoms with E-state index in [4.69, 9.17) is 10.1 Å². The van der Waals surface area contributed by atoms with Crippen molar-refractivity contribution in [3.63, 3.8) is 0 Å². The number of thiazole rings is 1. The number of pyridine rings is 1. The van der Waals surface area contributed by atoms with Crippen molar-refractivity contribution in [2.45, 2.75) is 44.4 Å². The number of anilines is 3. The van der Waals surface area contributed by atoms with Crippen LogP contribution in [0, 0.1) is 0 Å². The van der Waals surface area contributed by atoms with Gasteiger partial charge in [-0.1, -0.05) is 17.4 Å². The summed E-state index contributed by atoms with van der Waals surface area (Å²) in [5.41, 5.74) is 4.11. The lowest BCUT2D eigenvalue weighted by Crippen LogP contribution is -2.28. The fourth-order valence-electron chi connectivity index (χ4n) is 4.22. The largest absolute Gasteiger partial charge is 0.395 e. The molecule has 0 atom stereocenters. The molecule has 1 aliphatic carbocycles. The highest BCUT2D eigenvalue weighted by molar-refractivity contribution is 7.22. The van der Waals surface area contributed by atoms with Gasteiger partial charge in [-0.3, -0.25) is 4.98 Å². The van der Waals surface area contributed by atoms with E-state index in [0.717, 1.165) is 57.7 Å². The van der Waals surface area contributed by atoms with Crippen LogP contribution in [0.25, 0.3) is 21.3 Å². The molecule has 0 aliphatic heterocycles. The Morgan fingerprint density at radius 1 is 1.00 bits per heavy atom. The highest BCUT2D eigenvalue weighted by atomic mass is 32.1. The SMILES string of the molecule is OCCNCc1cncc(-c2ccc3nc(Nc4ccnc(N[C@H]5CC[C@H](O)CC5)n4)sc3c2)c1. The number of aromatic nitrogens is 4. The van der Waals surface area contributed by atoms with Crippen LogP contribution in [0.5, 0.6) is 0 Å². The van der Waals surface area contributed by atoms with E-state index in [1.165, 1.54) is 0 Å². The maximum absolute atomic E-state index is 9.71. The zero-order chi connectivity index (χ0) is 24.0. The van der Waals surface area contributed by atoms with Gasteiger partial charge in [0, 0.05) is 43.3 Å². The molecule has 10 heteroatoms. The number of benzene rings is 1. The molecule has 0 unspecified atom stereocenters. The smallest absolute Gasteiger partial charge is 0.224 e. The number of fused-ring (bicyclic) bond motifs is 1. The third-order valence-electron chi connectivity index (χ3n) is 6.05. The van der Waals surface area contributed by atoms with Crippen LogP contribution in [0.1, 0.15) is 31.2 Å². The summed E-state index contributed by atoms with van der Waals surface area (Å²) < 4.78 is 1.07. The van der Waals surface area contributed by atoms with Crippen LogP contribution < -0.4 is 16.0 Å². The van der Waals surface area contributed by atoms with Crippen molar-refractivity contribution < 1.29 is 10.2 Å². The van der Waals surface area contributed by atoms with Gasteiger partial charge in [-0.25, -0.2) is 9.97 Å². The van der Waals surface area contributed by atoms with Crippen molar-refractivity contribution in [3.05, 3.63) is 54.5 Å². The fraction of sp³-hybridized carbons (Fsp3) is 0.360. The molecule has 0 amide bonds. The zero-order valence-corrected chi connectivity index (χ0v) is 20.1. The first-order chi connectivity index (χ1) is 17.2. The van der Waals surface area contributed by atoms with Gasteiger partial charge in [0.25, 0.3) is 0 Å². The van der Waals surface area contributed by atoms with Crippen molar-refractivity contribution in [2.75, 3.05) is 23.8 Å². The lowest BCUT2D eigenvalue weighted by atomic mass is 9.93. The van der Waals surface area contributed by atoms with E-state index in [1.54, 1.807) is 17.5 Å². The number of aliphatic hydroxyl groups is 2. The van der Waals surface area contributed by atoms with Gasteiger partial charge in [-0.2, -0.15) is 4.98 Å². The number of nitrogens with one attached hydrogen (secondary N) is 3. The molecule has 0 saturated heterocycles. The molecule has 1 aliphatic rings. The van der Waals surface area contributed by atoms with E-state index < -0.39 is 0 Å². The molecule has 4 aromatic rings. The van der Waals surface area contributed by atoms with Crippen LogP contribution in [-0.2, 0) is 6.54 Å². The van der Waals surface area contributed by atoms with Crippen molar-refractivity contribution in [2.24, 2.45) is 0 Å². The fourth-order valence-corrected chi connectivity index (χ4v) is 5.13. The van der Waals surface area contributed by atoms with Gasteiger partial charge in [-0.15, -0.1) is 0 Å². The minimum atomic E-state index is -0.185. The number of hydrogen-bond acceptors (Lipinski definition) is 10. The number of hydrogen-bond donors (Lipinski definition) is 5. The normalized spacial score (nSPS) is 18.0. The monoisotopic (exact) mass is 491 g/mol. The summed E-state index contributed by atoms with van der Waals surface area (Å²) in [6, 6.07) is 10.4. The van der Waals surface area contributed by atoms with Gasteiger partial charge in [-0.05, 0) is 61.1 Å². The molecule has 5 N–H and O–H groups in total. The Bertz CT molecular complexity index is 1270. The first kappa shape index (κ1) is 23.6. The van der Waals surface area contributed by atoms with Gasteiger partial charge in [0.2, 0.25) is 5.95 Å². The van der Waals surface area contributed by atoms with Crippen LogP contribution in [0.2, 0.25) is 0 Å². The van der Waals surface area contributed by atoms with Crippen molar-refractivity contribution in [1.82, 2.24) is 25.3 Å². The lowest BCUT2D eigenvalue weighted by molar-refractivity contribution is 0.126. The molecule has 35 heavy (non-hydrogen) atoms. The Morgan fingerprint density at radius 2 is 1.89 bits per heavy atom. The standard InChI is InChI=1S/C25H29N7O2S/c33-10-9-26-13-16-11-18(15-27-14-16)17-1-6-21-22(12-17)35-25(30-21)32-23-7-8-28-24(31-23)29-19-2-4-20(34)5-3-19/h1,6-8,11-12,14-15,19-20,26,33-34H,2-5,9-10,13H2,(H2,28,29,30,31,32)/t19-,20-. The predicted molar refractivity (Wildman–Crippen MR) is 139 cm³/mol. The number of aliphatic hydroxyl groups excluding tert-OH is 2. The van der Waals surface area contributed by atoms with E-state index in [9.17, 15) is 5.11 Å². The molecule has 0 bridgehead atoms. The minimum absolute atomic E-state index is 0.115. The van der Waals surface area contributed by atoms with Crippen LogP contribution in [-0.4, -0.2) is 55.4 Å². The minimum Gasteiger partial charge on any atom is -0.395 e. The Morgan fingerprint density at radius 3 is 2.74 bits per heavy atom. The average Bonchev–Trinajstić information content (AvgIpc) is 3.27. The molecular formula is C25H29N7O2S. The topological polar surface area (TPSA) is 128 Å². The van der Waals surface area contributed by atoms with E-state index in [2.05, 4.69) is 49.1 Å². The first-order valence-corrected chi connectivity index (χ1v) is 12.7. The number of nitrogens with zero attached hydrogens (tertiary/aromatic N) is 4. The molecule has 3 aromatic heterocycles. The summed E-state index contributed by atoms with van der Waals surface area (Å²) in [6.07, 6.45) is 8.70. The quantitative estimate of drug-likeness (QED) is 0.223. The molecule has 9 nitrogen and oxygen atoms in total. The Balaban J connectivity index is 1.28. The highest BCUT2D eigenvalue weighted by Crippen LogP contribution is 2.32. The predicted octanol–water partition coefficient (Wildman–Crippen LogP) is 3.69. The molecule has 0 spiro atoms. The third-order valence-corrected chi connectivity index (χ3v) is 6.99. The van der Waals surface area contributed by atoms with Gasteiger partial charge < -0.3 is 26.2 Å². The van der Waals surface area contributed by atoms with Crippen LogP contribution >= 0.6 is 11.3 Å². The van der Waals surface area contributed by atoms with Gasteiger partial charge in [0.15, 0.2) is 5.13 Å². The van der Waals surface area contributed by atoms with Crippen molar-refractivity contribution in [1.29, 1.82) is 0 Å². The van der Waals surface area contributed by atoms with Gasteiger partial charge in [0.05, 0.1) is 22.9 Å². The Hall–Kier alpha value is -3.18. The zero-order valence-electron chi connectivity index (χ0n) is 19.3. The summed E-state index contributed by atoms with van der Waals surface area (Å²) in [5, 5.41) is 29.3. The summed E-state index contributed by atoms with van der Waals surface area (Å²) in [5.74, 6) is 1.27. The van der Waals surface area contributed by atoms with E-state index in [1.807, 2.05) is 24.5 Å². The Labute approximate surface area is 207 Å². The van der Waals surface area contributed by atoms with Crippen molar-refractivity contribution in [3.8, 4) is 11.1 Å². The second-order valence-corrected chi connectivity index (χ2v) is 9.75. The lowest BCUT2D eigenvalue weighted by Gasteiger charge is -2.26. The second-order valence-electron chi connectivity index (χ2n) is 8.72. The molecule has 1 aromatic carbocycles.